The maximum Gasteiger partial charge on any atom is 0.323 e. The van der Waals surface area contributed by atoms with Crippen molar-refractivity contribution < 1.29 is 14.7 Å². The Morgan fingerprint density at radius 1 is 1.39 bits per heavy atom. The van der Waals surface area contributed by atoms with Crippen molar-refractivity contribution in [3.8, 4) is 0 Å². The number of likely N-dealkylation sites (N-methyl/N-ethyl adjacent to an activating group) is 1. The van der Waals surface area contributed by atoms with Crippen LogP contribution in [0.4, 0.5) is 10.5 Å². The first-order valence-corrected chi connectivity index (χ1v) is 5.92. The minimum Gasteiger partial charge on any atom is -0.480 e. The second-order valence-electron chi connectivity index (χ2n) is 3.46. The Morgan fingerprint density at radius 2 is 2.06 bits per heavy atom. The van der Waals surface area contributed by atoms with Crippen molar-refractivity contribution >= 4 is 40.9 Å². The van der Waals surface area contributed by atoms with E-state index in [9.17, 15) is 9.59 Å². The Balaban J connectivity index is 2.79. The molecule has 0 unspecified atom stereocenters. The first-order valence-electron chi connectivity index (χ1n) is 5.16. The second kappa shape index (κ2) is 6.47. The molecule has 0 aliphatic rings. The van der Waals surface area contributed by atoms with Gasteiger partial charge in [-0.2, -0.15) is 0 Å². The van der Waals surface area contributed by atoms with Crippen molar-refractivity contribution in [1.82, 2.24) is 4.90 Å². The molecule has 0 fully saturated rings. The lowest BCUT2D eigenvalue weighted by atomic mass is 10.3. The highest BCUT2D eigenvalue weighted by Gasteiger charge is 2.16. The Labute approximate surface area is 114 Å². The van der Waals surface area contributed by atoms with Crippen molar-refractivity contribution in [1.29, 1.82) is 0 Å². The second-order valence-corrected chi connectivity index (χ2v) is 4.31. The van der Waals surface area contributed by atoms with Crippen LogP contribution in [0.2, 0.25) is 10.0 Å². The Hall–Kier alpha value is -1.46. The lowest BCUT2D eigenvalue weighted by Crippen LogP contribution is -2.38. The molecule has 0 spiro atoms. The molecule has 98 valence electrons. The van der Waals surface area contributed by atoms with E-state index >= 15 is 0 Å². The van der Waals surface area contributed by atoms with Gasteiger partial charge in [0.15, 0.2) is 0 Å². The summed E-state index contributed by atoms with van der Waals surface area (Å²) in [5.74, 6) is -1.08. The van der Waals surface area contributed by atoms with Gasteiger partial charge in [0.25, 0.3) is 0 Å². The highest BCUT2D eigenvalue weighted by Crippen LogP contribution is 2.25. The largest absolute Gasteiger partial charge is 0.480 e. The molecule has 0 radical (unpaired) electrons. The molecule has 0 saturated carbocycles. The number of aliphatic carboxylic acids is 1. The highest BCUT2D eigenvalue weighted by atomic mass is 35.5. The fourth-order valence-corrected chi connectivity index (χ4v) is 1.61. The Bertz CT molecular complexity index is 466. The lowest BCUT2D eigenvalue weighted by molar-refractivity contribution is -0.137. The van der Waals surface area contributed by atoms with E-state index in [4.69, 9.17) is 28.3 Å². The van der Waals surface area contributed by atoms with E-state index in [1.807, 2.05) is 0 Å². The molecule has 0 heterocycles. The van der Waals surface area contributed by atoms with Crippen LogP contribution in [0, 0.1) is 0 Å². The third kappa shape index (κ3) is 4.09. The molecule has 0 aromatic heterocycles. The maximum absolute atomic E-state index is 11.8. The Morgan fingerprint density at radius 3 is 2.61 bits per heavy atom. The molecule has 2 N–H and O–H groups in total. The molecule has 0 bridgehead atoms. The minimum atomic E-state index is -1.08. The van der Waals surface area contributed by atoms with E-state index in [-0.39, 0.29) is 13.1 Å². The summed E-state index contributed by atoms with van der Waals surface area (Å²) in [6.07, 6.45) is 0. The molecular formula is C11H12Cl2N2O3. The highest BCUT2D eigenvalue weighted by molar-refractivity contribution is 6.35. The predicted octanol–water partition coefficient (Wildman–Crippen LogP) is 2.93. The predicted molar refractivity (Wildman–Crippen MR) is 70.4 cm³/mol. The SMILES string of the molecule is CCN(CC(=O)O)C(=O)Nc1cc(Cl)ccc1Cl. The number of halogens is 2. The zero-order chi connectivity index (χ0) is 13.7. The molecule has 0 atom stereocenters. The number of amides is 2. The van der Waals surface area contributed by atoms with Crippen molar-refractivity contribution in [2.75, 3.05) is 18.4 Å². The normalized spacial score (nSPS) is 9.94. The number of carboxylic acids is 1. The van der Waals surface area contributed by atoms with E-state index in [0.29, 0.717) is 15.7 Å². The van der Waals surface area contributed by atoms with Gasteiger partial charge in [-0.1, -0.05) is 23.2 Å². The number of carboxylic acid groups (broad SMARTS) is 1. The molecule has 1 aromatic carbocycles. The van der Waals surface area contributed by atoms with Gasteiger partial charge >= 0.3 is 12.0 Å². The number of hydrogen-bond donors (Lipinski definition) is 2. The van der Waals surface area contributed by atoms with Gasteiger partial charge < -0.3 is 15.3 Å². The van der Waals surface area contributed by atoms with Crippen molar-refractivity contribution in [3.63, 3.8) is 0 Å². The summed E-state index contributed by atoms with van der Waals surface area (Å²) >= 11 is 11.7. The van der Waals surface area contributed by atoms with Gasteiger partial charge in [-0.05, 0) is 25.1 Å². The number of hydrogen-bond acceptors (Lipinski definition) is 2. The van der Waals surface area contributed by atoms with Crippen LogP contribution in [-0.2, 0) is 4.79 Å². The van der Waals surface area contributed by atoms with Gasteiger partial charge in [0.2, 0.25) is 0 Å². The minimum absolute atomic E-state index is 0.274. The molecule has 1 aromatic rings. The quantitative estimate of drug-likeness (QED) is 0.896. The number of carbonyl (C=O) groups is 2. The van der Waals surface area contributed by atoms with Gasteiger partial charge in [0.1, 0.15) is 6.54 Å². The Kier molecular flexibility index (Phi) is 5.25. The monoisotopic (exact) mass is 290 g/mol. The smallest absolute Gasteiger partial charge is 0.323 e. The van der Waals surface area contributed by atoms with Gasteiger partial charge in [-0.15, -0.1) is 0 Å². The summed E-state index contributed by atoms with van der Waals surface area (Å²) in [6, 6.07) is 4.10. The molecule has 0 aliphatic heterocycles. The van der Waals surface area contributed by atoms with E-state index in [1.165, 1.54) is 6.07 Å². The van der Waals surface area contributed by atoms with Crippen LogP contribution in [0.1, 0.15) is 6.92 Å². The van der Waals surface area contributed by atoms with Crippen molar-refractivity contribution in [3.05, 3.63) is 28.2 Å². The van der Waals surface area contributed by atoms with Crippen LogP contribution < -0.4 is 5.32 Å². The molecular weight excluding hydrogens is 279 g/mol. The van der Waals surface area contributed by atoms with Crippen molar-refractivity contribution in [2.45, 2.75) is 6.92 Å². The average molecular weight is 291 g/mol. The number of nitrogens with zero attached hydrogens (tertiary/aromatic N) is 1. The maximum atomic E-state index is 11.8. The number of carbonyl (C=O) groups excluding carboxylic acids is 1. The third-order valence-corrected chi connectivity index (χ3v) is 2.73. The summed E-state index contributed by atoms with van der Waals surface area (Å²) in [6.45, 7) is 1.58. The van der Waals surface area contributed by atoms with Crippen LogP contribution in [0.25, 0.3) is 0 Å². The van der Waals surface area contributed by atoms with Gasteiger partial charge in [0, 0.05) is 11.6 Å². The van der Waals surface area contributed by atoms with Gasteiger partial charge in [-0.3, -0.25) is 4.79 Å². The van der Waals surface area contributed by atoms with E-state index in [0.717, 1.165) is 4.90 Å². The molecule has 7 heteroatoms. The van der Waals surface area contributed by atoms with Crippen LogP contribution in [0.15, 0.2) is 18.2 Å². The molecule has 0 saturated heterocycles. The molecule has 5 nitrogen and oxygen atoms in total. The molecule has 0 aliphatic carbocycles. The third-order valence-electron chi connectivity index (χ3n) is 2.17. The molecule has 18 heavy (non-hydrogen) atoms. The first-order chi connectivity index (χ1) is 8.43. The number of anilines is 1. The summed E-state index contributed by atoms with van der Waals surface area (Å²) in [5, 5.41) is 11.9. The van der Waals surface area contributed by atoms with Gasteiger partial charge in [0.05, 0.1) is 10.7 Å². The number of urea groups is 1. The van der Waals surface area contributed by atoms with Crippen molar-refractivity contribution in [2.24, 2.45) is 0 Å². The topological polar surface area (TPSA) is 69.6 Å². The number of benzene rings is 1. The van der Waals surface area contributed by atoms with Crippen LogP contribution >= 0.6 is 23.2 Å². The van der Waals surface area contributed by atoms with E-state index in [1.54, 1.807) is 19.1 Å². The van der Waals surface area contributed by atoms with Crippen LogP contribution in [0.3, 0.4) is 0 Å². The first kappa shape index (κ1) is 14.6. The lowest BCUT2D eigenvalue weighted by Gasteiger charge is -2.19. The summed E-state index contributed by atoms with van der Waals surface area (Å²) in [4.78, 5) is 23.5. The average Bonchev–Trinajstić information content (AvgIpc) is 2.30. The van der Waals surface area contributed by atoms with E-state index in [2.05, 4.69) is 5.32 Å². The van der Waals surface area contributed by atoms with Gasteiger partial charge in [-0.25, -0.2) is 4.79 Å². The standard InChI is InChI=1S/C11H12Cl2N2O3/c1-2-15(6-10(16)17)11(18)14-9-5-7(12)3-4-8(9)13/h3-5H,2,6H2,1H3,(H,14,18)(H,16,17). The summed E-state index contributed by atoms with van der Waals surface area (Å²) < 4.78 is 0. The fourth-order valence-electron chi connectivity index (χ4n) is 1.28. The zero-order valence-electron chi connectivity index (χ0n) is 9.61. The number of rotatable bonds is 4. The zero-order valence-corrected chi connectivity index (χ0v) is 11.1. The summed E-state index contributed by atoms with van der Waals surface area (Å²) in [7, 11) is 0. The molecule has 2 amide bonds. The molecule has 1 rings (SSSR count). The fraction of sp³-hybridized carbons (Fsp3) is 0.273. The van der Waals surface area contributed by atoms with Crippen LogP contribution in [0.5, 0.6) is 0 Å². The van der Waals surface area contributed by atoms with Crippen LogP contribution in [-0.4, -0.2) is 35.1 Å². The summed E-state index contributed by atoms with van der Waals surface area (Å²) in [5.41, 5.74) is 0.345. The van der Waals surface area contributed by atoms with E-state index < -0.39 is 12.0 Å². The number of nitrogens with one attached hydrogen (secondary N) is 1.